The third-order valence-electron chi connectivity index (χ3n) is 11.8. The highest BCUT2D eigenvalue weighted by Gasteiger charge is 2.39. The van der Waals surface area contributed by atoms with Gasteiger partial charge in [-0.3, -0.25) is 24.0 Å². The summed E-state index contributed by atoms with van der Waals surface area (Å²) < 4.78 is 0. The molecule has 12 heteroatoms. The van der Waals surface area contributed by atoms with Gasteiger partial charge in [-0.25, -0.2) is 4.98 Å². The molecule has 5 N–H and O–H groups in total. The first-order chi connectivity index (χ1) is 29.8. The number of carbonyl (C=O) groups excluding carboxylic acids is 5. The van der Waals surface area contributed by atoms with Crippen molar-refractivity contribution in [3.8, 4) is 22.4 Å². The van der Waals surface area contributed by atoms with Crippen LogP contribution in [0.25, 0.3) is 22.4 Å². The first-order valence-electron chi connectivity index (χ1n) is 21.6. The maximum absolute atomic E-state index is 14.0. The SMILES string of the molecule is O=C(CCCCNC(=O)[C@H](NC(=O)C1CC1)c1ccccc1)NCc1ccc(-c2ccc(-c3cnc([C@@H]4CCCN4C(=O)[C@H](NC(=O)C4CC4)c4ccccc4)[nH]3)cc2)cc1. The Kier molecular flexibility index (Phi) is 13.0. The van der Waals surface area contributed by atoms with Gasteiger partial charge in [0.1, 0.15) is 17.9 Å². The molecule has 5 aromatic rings. The zero-order valence-electron chi connectivity index (χ0n) is 34.3. The molecule has 2 aliphatic carbocycles. The highest BCUT2D eigenvalue weighted by molar-refractivity contribution is 5.91. The molecule has 2 heterocycles. The Labute approximate surface area is 356 Å². The maximum atomic E-state index is 14.0. The molecule has 314 valence electrons. The lowest BCUT2D eigenvalue weighted by atomic mass is 10.0. The highest BCUT2D eigenvalue weighted by atomic mass is 16.2. The number of hydrogen-bond donors (Lipinski definition) is 5. The fraction of sp³-hybridized carbons (Fsp3) is 0.347. The van der Waals surface area contributed by atoms with E-state index in [9.17, 15) is 24.0 Å². The summed E-state index contributed by atoms with van der Waals surface area (Å²) in [6, 6.07) is 33.4. The molecule has 3 aliphatic rings. The van der Waals surface area contributed by atoms with E-state index in [1.54, 1.807) is 0 Å². The fourth-order valence-corrected chi connectivity index (χ4v) is 7.89. The first kappa shape index (κ1) is 41.2. The normalized spacial score (nSPS) is 16.9. The molecule has 1 aromatic heterocycles. The second kappa shape index (κ2) is 19.2. The van der Waals surface area contributed by atoms with Crippen molar-refractivity contribution in [3.05, 3.63) is 138 Å². The largest absolute Gasteiger partial charge is 0.354 e. The molecule has 61 heavy (non-hydrogen) atoms. The van der Waals surface area contributed by atoms with Gasteiger partial charge in [-0.15, -0.1) is 0 Å². The van der Waals surface area contributed by atoms with E-state index in [1.807, 2.05) is 96.0 Å². The van der Waals surface area contributed by atoms with E-state index < -0.39 is 12.1 Å². The molecule has 5 amide bonds. The zero-order valence-corrected chi connectivity index (χ0v) is 34.3. The molecule has 3 fully saturated rings. The van der Waals surface area contributed by atoms with Crippen molar-refractivity contribution in [3.63, 3.8) is 0 Å². The first-order valence-corrected chi connectivity index (χ1v) is 21.6. The number of aromatic amines is 1. The second-order valence-corrected chi connectivity index (χ2v) is 16.4. The maximum Gasteiger partial charge on any atom is 0.250 e. The summed E-state index contributed by atoms with van der Waals surface area (Å²) in [6.07, 6.45) is 8.54. The van der Waals surface area contributed by atoms with Crippen LogP contribution in [0.5, 0.6) is 0 Å². The summed E-state index contributed by atoms with van der Waals surface area (Å²) in [6.45, 7) is 1.44. The third-order valence-corrected chi connectivity index (χ3v) is 11.8. The number of amides is 5. The van der Waals surface area contributed by atoms with E-state index in [1.165, 1.54) is 0 Å². The van der Waals surface area contributed by atoms with E-state index in [2.05, 4.69) is 50.5 Å². The Bertz CT molecular complexity index is 2300. The number of carbonyl (C=O) groups is 5. The highest BCUT2D eigenvalue weighted by Crippen LogP contribution is 2.36. The monoisotopic (exact) mass is 819 g/mol. The van der Waals surface area contributed by atoms with Crippen molar-refractivity contribution in [1.29, 1.82) is 0 Å². The van der Waals surface area contributed by atoms with Gasteiger partial charge in [0.05, 0.1) is 17.9 Å². The van der Waals surface area contributed by atoms with Crippen LogP contribution in [0.2, 0.25) is 0 Å². The van der Waals surface area contributed by atoms with E-state index in [-0.39, 0.29) is 47.4 Å². The van der Waals surface area contributed by atoms with Gasteiger partial charge in [0, 0.05) is 37.9 Å². The van der Waals surface area contributed by atoms with Crippen molar-refractivity contribution in [2.75, 3.05) is 13.1 Å². The number of H-pyrrole nitrogens is 1. The van der Waals surface area contributed by atoms with Crippen LogP contribution >= 0.6 is 0 Å². The van der Waals surface area contributed by atoms with Gasteiger partial charge in [-0.2, -0.15) is 0 Å². The summed E-state index contributed by atoms with van der Waals surface area (Å²) in [7, 11) is 0. The Morgan fingerprint density at radius 1 is 0.656 bits per heavy atom. The molecule has 0 radical (unpaired) electrons. The summed E-state index contributed by atoms with van der Waals surface area (Å²) in [5.74, 6) is 0.192. The van der Waals surface area contributed by atoms with Crippen molar-refractivity contribution < 1.29 is 24.0 Å². The number of nitrogens with zero attached hydrogens (tertiary/aromatic N) is 2. The van der Waals surface area contributed by atoms with Gasteiger partial charge in [-0.1, -0.05) is 109 Å². The Hall–Kier alpha value is -6.56. The van der Waals surface area contributed by atoms with Gasteiger partial charge in [0.25, 0.3) is 0 Å². The fourth-order valence-electron chi connectivity index (χ4n) is 7.89. The van der Waals surface area contributed by atoms with Crippen molar-refractivity contribution in [2.24, 2.45) is 11.8 Å². The van der Waals surface area contributed by atoms with Gasteiger partial charge < -0.3 is 31.2 Å². The average Bonchev–Trinajstić information content (AvgIpc) is 4.23. The van der Waals surface area contributed by atoms with Crippen LogP contribution in [0.4, 0.5) is 0 Å². The van der Waals surface area contributed by atoms with Crippen LogP contribution in [-0.4, -0.2) is 57.5 Å². The Morgan fingerprint density at radius 2 is 1.23 bits per heavy atom. The molecule has 1 aliphatic heterocycles. The minimum atomic E-state index is -0.734. The predicted octanol–water partition coefficient (Wildman–Crippen LogP) is 6.84. The number of rotatable bonds is 18. The van der Waals surface area contributed by atoms with Crippen LogP contribution in [0.1, 0.15) is 98.4 Å². The minimum absolute atomic E-state index is 0.000948. The summed E-state index contributed by atoms with van der Waals surface area (Å²) in [4.78, 5) is 74.9. The van der Waals surface area contributed by atoms with Crippen molar-refractivity contribution in [1.82, 2.24) is 36.1 Å². The molecule has 2 saturated carbocycles. The molecule has 4 aromatic carbocycles. The molecule has 0 bridgehead atoms. The molecule has 3 atom stereocenters. The van der Waals surface area contributed by atoms with Crippen molar-refractivity contribution in [2.45, 2.75) is 82.5 Å². The third kappa shape index (κ3) is 10.6. The standard InChI is InChI=1S/C49H53N7O5/c57-42(15-7-8-28-50-48(60)43(36-10-3-1-4-11-36)54-46(58)38-24-25-38)51-30-32-16-18-33(19-17-32)34-20-22-35(23-21-34)40-31-52-45(53-40)41-14-9-29-56(41)49(61)44(37-12-5-2-6-13-37)55-47(59)39-26-27-39/h1-6,10-13,16-23,31,38-39,41,43-44H,7-9,14-15,24-30H2,(H,50,60)(H,51,57)(H,52,53)(H,54,58)(H,55,59)/t41-,43+,44+/m0/s1. The average molecular weight is 820 g/mol. The number of aromatic nitrogens is 2. The summed E-state index contributed by atoms with van der Waals surface area (Å²) in [5.41, 5.74) is 6.47. The van der Waals surface area contributed by atoms with Crippen LogP contribution in [0.15, 0.2) is 115 Å². The van der Waals surface area contributed by atoms with E-state index in [0.29, 0.717) is 38.9 Å². The summed E-state index contributed by atoms with van der Waals surface area (Å²) in [5, 5.41) is 11.9. The molecule has 0 spiro atoms. The van der Waals surface area contributed by atoms with E-state index in [4.69, 9.17) is 4.98 Å². The number of unbranched alkanes of at least 4 members (excludes halogenated alkanes) is 1. The van der Waals surface area contributed by atoms with Crippen LogP contribution < -0.4 is 21.3 Å². The number of benzene rings is 4. The van der Waals surface area contributed by atoms with Crippen LogP contribution in [0.3, 0.4) is 0 Å². The van der Waals surface area contributed by atoms with E-state index in [0.717, 1.165) is 83.4 Å². The molecule has 8 rings (SSSR count). The number of imidazole rings is 1. The van der Waals surface area contributed by atoms with Gasteiger partial charge in [-0.05, 0) is 84.7 Å². The van der Waals surface area contributed by atoms with Crippen molar-refractivity contribution >= 4 is 29.5 Å². The molecule has 12 nitrogen and oxygen atoms in total. The lowest BCUT2D eigenvalue weighted by molar-refractivity contribution is -0.138. The topological polar surface area (TPSA) is 165 Å². The zero-order chi connectivity index (χ0) is 42.1. The van der Waals surface area contributed by atoms with Gasteiger partial charge in [0.2, 0.25) is 29.5 Å². The Balaban J connectivity index is 0.787. The van der Waals surface area contributed by atoms with Gasteiger partial charge >= 0.3 is 0 Å². The van der Waals surface area contributed by atoms with Crippen LogP contribution in [0, 0.1) is 11.8 Å². The lowest BCUT2D eigenvalue weighted by Crippen LogP contribution is -2.43. The predicted molar refractivity (Wildman–Crippen MR) is 232 cm³/mol. The second-order valence-electron chi connectivity index (χ2n) is 16.4. The summed E-state index contributed by atoms with van der Waals surface area (Å²) >= 11 is 0. The quantitative estimate of drug-likeness (QED) is 0.0608. The lowest BCUT2D eigenvalue weighted by Gasteiger charge is -2.28. The molecular weight excluding hydrogens is 767 g/mol. The smallest absolute Gasteiger partial charge is 0.250 e. The number of likely N-dealkylation sites (tertiary alicyclic amines) is 1. The van der Waals surface area contributed by atoms with E-state index >= 15 is 0 Å². The molecule has 1 saturated heterocycles. The minimum Gasteiger partial charge on any atom is -0.354 e. The number of nitrogens with one attached hydrogen (secondary N) is 5. The molecule has 0 unspecified atom stereocenters. The van der Waals surface area contributed by atoms with Crippen LogP contribution in [-0.2, 0) is 30.5 Å². The van der Waals surface area contributed by atoms with Gasteiger partial charge in [0.15, 0.2) is 0 Å². The Morgan fingerprint density at radius 3 is 1.85 bits per heavy atom. The number of hydrogen-bond acceptors (Lipinski definition) is 6. The molecular formula is C49H53N7O5.